The highest BCUT2D eigenvalue weighted by Gasteiger charge is 2.34. The zero-order valence-corrected chi connectivity index (χ0v) is 8.93. The summed E-state index contributed by atoms with van der Waals surface area (Å²) in [5, 5.41) is 7.10. The maximum atomic E-state index is 12.1. The van der Waals surface area contributed by atoms with Crippen LogP contribution in [0.5, 0.6) is 0 Å². The summed E-state index contributed by atoms with van der Waals surface area (Å²) in [7, 11) is 3.63. The van der Waals surface area contributed by atoms with Crippen LogP contribution in [0.15, 0.2) is 12.3 Å². The SMILES string of the molecule is CNC1COCC1C(=O)c1ccnn1C. The average molecular weight is 209 g/mol. The second-order valence-corrected chi connectivity index (χ2v) is 3.74. The Kier molecular flexibility index (Phi) is 2.83. The van der Waals surface area contributed by atoms with Crippen molar-refractivity contribution in [3.63, 3.8) is 0 Å². The largest absolute Gasteiger partial charge is 0.379 e. The van der Waals surface area contributed by atoms with Gasteiger partial charge in [0.15, 0.2) is 5.78 Å². The molecular formula is C10H15N3O2. The number of hydrogen-bond acceptors (Lipinski definition) is 4. The van der Waals surface area contributed by atoms with Gasteiger partial charge in [0.1, 0.15) is 5.69 Å². The van der Waals surface area contributed by atoms with Crippen LogP contribution in [0.25, 0.3) is 0 Å². The molecule has 2 unspecified atom stereocenters. The van der Waals surface area contributed by atoms with E-state index >= 15 is 0 Å². The lowest BCUT2D eigenvalue weighted by Gasteiger charge is -2.15. The maximum Gasteiger partial charge on any atom is 0.187 e. The fourth-order valence-corrected chi connectivity index (χ4v) is 1.90. The van der Waals surface area contributed by atoms with E-state index in [0.29, 0.717) is 18.9 Å². The van der Waals surface area contributed by atoms with Crippen molar-refractivity contribution in [2.45, 2.75) is 6.04 Å². The minimum atomic E-state index is -0.0922. The van der Waals surface area contributed by atoms with E-state index in [-0.39, 0.29) is 17.7 Å². The van der Waals surface area contributed by atoms with Crippen molar-refractivity contribution in [2.75, 3.05) is 20.3 Å². The Hall–Kier alpha value is -1.20. The van der Waals surface area contributed by atoms with Crippen molar-refractivity contribution in [1.29, 1.82) is 0 Å². The molecule has 5 nitrogen and oxygen atoms in total. The second kappa shape index (κ2) is 4.12. The summed E-state index contributed by atoms with van der Waals surface area (Å²) >= 11 is 0. The summed E-state index contributed by atoms with van der Waals surface area (Å²) in [5.74, 6) is 0.0113. The first-order chi connectivity index (χ1) is 7.24. The number of ether oxygens (including phenoxy) is 1. The molecule has 1 N–H and O–H groups in total. The minimum absolute atomic E-state index is 0.0922. The normalized spacial score (nSPS) is 25.7. The molecule has 5 heteroatoms. The summed E-state index contributed by atoms with van der Waals surface area (Å²) in [6.45, 7) is 1.10. The number of rotatable bonds is 3. The molecule has 1 aromatic heterocycles. The van der Waals surface area contributed by atoms with Crippen LogP contribution in [0.3, 0.4) is 0 Å². The smallest absolute Gasteiger partial charge is 0.187 e. The highest BCUT2D eigenvalue weighted by Crippen LogP contribution is 2.18. The number of carbonyl (C=O) groups excluding carboxylic acids is 1. The van der Waals surface area contributed by atoms with Crippen molar-refractivity contribution in [3.05, 3.63) is 18.0 Å². The van der Waals surface area contributed by atoms with E-state index in [1.807, 2.05) is 7.05 Å². The van der Waals surface area contributed by atoms with Gasteiger partial charge < -0.3 is 10.1 Å². The van der Waals surface area contributed by atoms with Crippen LogP contribution in [0.1, 0.15) is 10.5 Å². The number of nitrogens with zero attached hydrogens (tertiary/aromatic N) is 2. The Balaban J connectivity index is 2.18. The molecule has 0 amide bonds. The predicted molar refractivity (Wildman–Crippen MR) is 54.7 cm³/mol. The topological polar surface area (TPSA) is 56.1 Å². The first kappa shape index (κ1) is 10.3. The molecule has 1 saturated heterocycles. The summed E-state index contributed by atoms with van der Waals surface area (Å²) < 4.78 is 6.91. The molecule has 1 aliphatic heterocycles. The molecule has 1 aromatic rings. The standard InChI is InChI=1S/C10H15N3O2/c1-11-8-6-15-5-7(8)10(14)9-3-4-12-13(9)2/h3-4,7-8,11H,5-6H2,1-2H3. The Morgan fingerprint density at radius 3 is 3.07 bits per heavy atom. The minimum Gasteiger partial charge on any atom is -0.379 e. The predicted octanol–water partition coefficient (Wildman–Crippen LogP) is -0.163. The third-order valence-electron chi connectivity index (χ3n) is 2.86. The lowest BCUT2D eigenvalue weighted by Crippen LogP contribution is -2.37. The van der Waals surface area contributed by atoms with Crippen molar-refractivity contribution >= 4 is 5.78 Å². The fraction of sp³-hybridized carbons (Fsp3) is 0.600. The first-order valence-corrected chi connectivity index (χ1v) is 5.01. The third-order valence-corrected chi connectivity index (χ3v) is 2.86. The van der Waals surface area contributed by atoms with Crippen LogP contribution < -0.4 is 5.32 Å². The molecule has 0 bridgehead atoms. The van der Waals surface area contributed by atoms with E-state index in [1.54, 1.807) is 24.0 Å². The Bertz CT molecular complexity index is 361. The number of aromatic nitrogens is 2. The van der Waals surface area contributed by atoms with Gasteiger partial charge >= 0.3 is 0 Å². The number of aryl methyl sites for hydroxylation is 1. The number of carbonyl (C=O) groups is 1. The van der Waals surface area contributed by atoms with Gasteiger partial charge in [-0.05, 0) is 13.1 Å². The molecule has 1 aliphatic rings. The number of likely N-dealkylation sites (N-methyl/N-ethyl adjacent to an activating group) is 1. The van der Waals surface area contributed by atoms with E-state index in [9.17, 15) is 4.79 Å². The molecule has 2 heterocycles. The van der Waals surface area contributed by atoms with Crippen LogP contribution in [-0.4, -0.2) is 41.9 Å². The van der Waals surface area contributed by atoms with Crippen LogP contribution in [0.2, 0.25) is 0 Å². The van der Waals surface area contributed by atoms with Gasteiger partial charge in [-0.1, -0.05) is 0 Å². The lowest BCUT2D eigenvalue weighted by molar-refractivity contribution is 0.0882. The molecule has 2 rings (SSSR count). The Morgan fingerprint density at radius 2 is 2.47 bits per heavy atom. The van der Waals surface area contributed by atoms with Crippen LogP contribution >= 0.6 is 0 Å². The van der Waals surface area contributed by atoms with Crippen molar-refractivity contribution < 1.29 is 9.53 Å². The fourth-order valence-electron chi connectivity index (χ4n) is 1.90. The summed E-state index contributed by atoms with van der Waals surface area (Å²) in [6, 6.07) is 1.86. The average Bonchev–Trinajstić information content (AvgIpc) is 2.84. The zero-order valence-electron chi connectivity index (χ0n) is 8.93. The molecular weight excluding hydrogens is 194 g/mol. The van der Waals surface area contributed by atoms with E-state index in [2.05, 4.69) is 10.4 Å². The van der Waals surface area contributed by atoms with Crippen LogP contribution in [0.4, 0.5) is 0 Å². The van der Waals surface area contributed by atoms with Gasteiger partial charge in [-0.3, -0.25) is 9.48 Å². The van der Waals surface area contributed by atoms with Crippen molar-refractivity contribution in [2.24, 2.45) is 13.0 Å². The molecule has 0 radical (unpaired) electrons. The Morgan fingerprint density at radius 1 is 1.67 bits per heavy atom. The van der Waals surface area contributed by atoms with Gasteiger partial charge in [0.2, 0.25) is 0 Å². The number of hydrogen-bond donors (Lipinski definition) is 1. The molecule has 1 fully saturated rings. The van der Waals surface area contributed by atoms with E-state index in [0.717, 1.165) is 0 Å². The van der Waals surface area contributed by atoms with Crippen molar-refractivity contribution in [1.82, 2.24) is 15.1 Å². The quantitative estimate of drug-likeness (QED) is 0.703. The maximum absolute atomic E-state index is 12.1. The molecule has 0 aliphatic carbocycles. The summed E-state index contributed by atoms with van der Waals surface area (Å²) in [5.41, 5.74) is 0.644. The van der Waals surface area contributed by atoms with Gasteiger partial charge in [-0.25, -0.2) is 0 Å². The number of ketones is 1. The first-order valence-electron chi connectivity index (χ1n) is 5.01. The molecule has 82 valence electrons. The summed E-state index contributed by atoms with van der Waals surface area (Å²) in [6.07, 6.45) is 1.64. The van der Waals surface area contributed by atoms with Gasteiger partial charge in [0, 0.05) is 19.3 Å². The van der Waals surface area contributed by atoms with Gasteiger partial charge in [-0.2, -0.15) is 5.10 Å². The van der Waals surface area contributed by atoms with Gasteiger partial charge in [0.05, 0.1) is 19.1 Å². The number of Topliss-reactive ketones (excluding diaryl/α,β-unsaturated/α-hetero) is 1. The molecule has 0 spiro atoms. The van der Waals surface area contributed by atoms with E-state index < -0.39 is 0 Å². The molecule has 15 heavy (non-hydrogen) atoms. The molecule has 2 atom stereocenters. The monoisotopic (exact) mass is 209 g/mol. The highest BCUT2D eigenvalue weighted by molar-refractivity contribution is 5.97. The van der Waals surface area contributed by atoms with E-state index in [1.165, 1.54) is 0 Å². The highest BCUT2D eigenvalue weighted by atomic mass is 16.5. The van der Waals surface area contributed by atoms with Gasteiger partial charge in [-0.15, -0.1) is 0 Å². The summed E-state index contributed by atoms with van der Waals surface area (Å²) in [4.78, 5) is 12.1. The van der Waals surface area contributed by atoms with Gasteiger partial charge in [0.25, 0.3) is 0 Å². The van der Waals surface area contributed by atoms with Crippen LogP contribution in [0, 0.1) is 5.92 Å². The number of nitrogens with one attached hydrogen (secondary N) is 1. The second-order valence-electron chi connectivity index (χ2n) is 3.74. The van der Waals surface area contributed by atoms with Crippen molar-refractivity contribution in [3.8, 4) is 0 Å². The third kappa shape index (κ3) is 1.80. The van der Waals surface area contributed by atoms with Crippen LogP contribution in [-0.2, 0) is 11.8 Å². The lowest BCUT2D eigenvalue weighted by atomic mass is 9.96. The Labute approximate surface area is 88.4 Å². The van der Waals surface area contributed by atoms with E-state index in [4.69, 9.17) is 4.74 Å². The molecule has 0 saturated carbocycles. The zero-order chi connectivity index (χ0) is 10.8. The molecule has 0 aromatic carbocycles.